The largest absolute Gasteiger partial charge is 0.456 e. The van der Waals surface area contributed by atoms with Gasteiger partial charge in [0.2, 0.25) is 0 Å². The van der Waals surface area contributed by atoms with Gasteiger partial charge in [0.1, 0.15) is 11.2 Å². The number of thiophene rings is 1. The molecule has 3 nitrogen and oxygen atoms in total. The number of para-hydroxylation sites is 2. The van der Waals surface area contributed by atoms with Gasteiger partial charge in [-0.1, -0.05) is 133 Å². The molecular weight excluding hydrogens is 725 g/mol. The summed E-state index contributed by atoms with van der Waals surface area (Å²) in [7, 11) is 0. The molecule has 12 aromatic rings. The Morgan fingerprint density at radius 1 is 0.379 bits per heavy atom. The molecular formula is C54H34N2OS. The number of hydrogen-bond donors (Lipinski definition) is 0. The van der Waals surface area contributed by atoms with E-state index in [-0.39, 0.29) is 0 Å². The van der Waals surface area contributed by atoms with Crippen molar-refractivity contribution >= 4 is 92.3 Å². The lowest BCUT2D eigenvalue weighted by molar-refractivity contribution is 0.669. The predicted octanol–water partition coefficient (Wildman–Crippen LogP) is 15.9. The zero-order chi connectivity index (χ0) is 38.2. The molecule has 3 aromatic heterocycles. The van der Waals surface area contributed by atoms with E-state index < -0.39 is 0 Å². The molecule has 0 saturated carbocycles. The standard InChI is InChI=1S/C54H34N2OS/c1-2-11-35(12-3-1)36-21-27-39(28-22-36)55(48-18-10-16-43-42-13-6-9-20-51(42)58-54(43)48)40-29-23-37(24-30-40)38-25-31-41(32-26-38)56-46-17-7-4-14-44(46)52-47(56)33-34-50-53(52)45-15-5-8-19-49(45)57-50/h1-34H. The van der Waals surface area contributed by atoms with Crippen LogP contribution in [0.3, 0.4) is 0 Å². The Kier molecular flexibility index (Phi) is 7.40. The van der Waals surface area contributed by atoms with Crippen molar-refractivity contribution in [2.24, 2.45) is 0 Å². The Morgan fingerprint density at radius 3 is 1.71 bits per heavy atom. The number of benzene rings is 9. The molecule has 0 radical (unpaired) electrons. The third-order valence-electron chi connectivity index (χ3n) is 11.6. The zero-order valence-electron chi connectivity index (χ0n) is 31.3. The van der Waals surface area contributed by atoms with Crippen molar-refractivity contribution < 1.29 is 4.42 Å². The van der Waals surface area contributed by atoms with Gasteiger partial charge in [-0.15, -0.1) is 11.3 Å². The number of anilines is 3. The van der Waals surface area contributed by atoms with E-state index in [1.165, 1.54) is 75.3 Å². The molecule has 0 aliphatic heterocycles. The fourth-order valence-corrected chi connectivity index (χ4v) is 10.1. The van der Waals surface area contributed by atoms with Crippen LogP contribution in [0.25, 0.3) is 91.9 Å². The summed E-state index contributed by atoms with van der Waals surface area (Å²) in [6, 6.07) is 74.3. The van der Waals surface area contributed by atoms with E-state index in [1.54, 1.807) is 0 Å². The molecule has 58 heavy (non-hydrogen) atoms. The van der Waals surface area contributed by atoms with Crippen LogP contribution in [0, 0.1) is 0 Å². The lowest BCUT2D eigenvalue weighted by atomic mass is 10.0. The van der Waals surface area contributed by atoms with E-state index in [9.17, 15) is 0 Å². The zero-order valence-corrected chi connectivity index (χ0v) is 32.2. The van der Waals surface area contributed by atoms with E-state index in [0.717, 1.165) is 33.6 Å². The Hall–Kier alpha value is -7.40. The molecule has 12 rings (SSSR count). The first kappa shape index (κ1) is 32.8. The molecule has 272 valence electrons. The molecule has 0 amide bonds. The number of aromatic nitrogens is 1. The topological polar surface area (TPSA) is 21.3 Å². The number of hydrogen-bond acceptors (Lipinski definition) is 3. The third kappa shape index (κ3) is 5.12. The van der Waals surface area contributed by atoms with Crippen molar-refractivity contribution in [3.63, 3.8) is 0 Å². The van der Waals surface area contributed by atoms with Crippen molar-refractivity contribution in [1.82, 2.24) is 4.57 Å². The maximum absolute atomic E-state index is 6.30. The van der Waals surface area contributed by atoms with Crippen molar-refractivity contribution in [2.75, 3.05) is 4.90 Å². The van der Waals surface area contributed by atoms with E-state index in [2.05, 4.69) is 210 Å². The van der Waals surface area contributed by atoms with Crippen LogP contribution < -0.4 is 4.90 Å². The number of nitrogens with zero attached hydrogens (tertiary/aromatic N) is 2. The Morgan fingerprint density at radius 2 is 0.966 bits per heavy atom. The average molecular weight is 759 g/mol. The third-order valence-corrected chi connectivity index (χ3v) is 12.8. The van der Waals surface area contributed by atoms with E-state index in [4.69, 9.17) is 4.42 Å². The molecule has 0 saturated heterocycles. The highest BCUT2D eigenvalue weighted by Gasteiger charge is 2.20. The van der Waals surface area contributed by atoms with Crippen LogP contribution in [-0.2, 0) is 0 Å². The normalized spacial score (nSPS) is 11.8. The summed E-state index contributed by atoms with van der Waals surface area (Å²) in [5.74, 6) is 0. The minimum absolute atomic E-state index is 0.915. The first-order valence-corrected chi connectivity index (χ1v) is 20.5. The molecule has 0 N–H and O–H groups in total. The first-order chi connectivity index (χ1) is 28.8. The van der Waals surface area contributed by atoms with Gasteiger partial charge in [0.25, 0.3) is 0 Å². The van der Waals surface area contributed by atoms with Crippen LogP contribution in [0.2, 0.25) is 0 Å². The molecule has 0 bridgehead atoms. The highest BCUT2D eigenvalue weighted by molar-refractivity contribution is 7.26. The second kappa shape index (κ2) is 13.1. The van der Waals surface area contributed by atoms with Crippen LogP contribution in [0.1, 0.15) is 0 Å². The molecule has 3 heterocycles. The lowest BCUT2D eigenvalue weighted by Crippen LogP contribution is -2.10. The van der Waals surface area contributed by atoms with Gasteiger partial charge >= 0.3 is 0 Å². The second-order valence-electron chi connectivity index (χ2n) is 14.9. The quantitative estimate of drug-likeness (QED) is 0.168. The van der Waals surface area contributed by atoms with E-state index in [0.29, 0.717) is 0 Å². The monoisotopic (exact) mass is 758 g/mol. The lowest BCUT2D eigenvalue weighted by Gasteiger charge is -2.26. The summed E-state index contributed by atoms with van der Waals surface area (Å²) in [4.78, 5) is 2.40. The molecule has 0 aliphatic carbocycles. The molecule has 0 aliphatic rings. The minimum atomic E-state index is 0.915. The summed E-state index contributed by atoms with van der Waals surface area (Å²) < 4.78 is 11.3. The summed E-state index contributed by atoms with van der Waals surface area (Å²) >= 11 is 1.86. The molecule has 0 unspecified atom stereocenters. The van der Waals surface area contributed by atoms with Crippen molar-refractivity contribution in [2.45, 2.75) is 0 Å². The maximum Gasteiger partial charge on any atom is 0.136 e. The second-order valence-corrected chi connectivity index (χ2v) is 15.9. The van der Waals surface area contributed by atoms with Gasteiger partial charge < -0.3 is 13.9 Å². The van der Waals surface area contributed by atoms with Crippen LogP contribution in [-0.4, -0.2) is 4.57 Å². The first-order valence-electron chi connectivity index (χ1n) is 19.7. The smallest absolute Gasteiger partial charge is 0.136 e. The van der Waals surface area contributed by atoms with E-state index >= 15 is 0 Å². The molecule has 4 heteroatoms. The number of furan rings is 1. The number of rotatable bonds is 6. The van der Waals surface area contributed by atoms with Crippen LogP contribution in [0.5, 0.6) is 0 Å². The SMILES string of the molecule is c1ccc(-c2ccc(N(c3ccc(-c4ccc(-n5c6ccccc6c6c7c(ccc65)oc5ccccc57)cc4)cc3)c3cccc4c3sc3ccccc34)cc2)cc1. The molecule has 9 aromatic carbocycles. The minimum Gasteiger partial charge on any atom is -0.456 e. The van der Waals surface area contributed by atoms with Crippen LogP contribution in [0.15, 0.2) is 211 Å². The summed E-state index contributed by atoms with van der Waals surface area (Å²) in [6.45, 7) is 0. The van der Waals surface area contributed by atoms with Crippen molar-refractivity contribution in [1.29, 1.82) is 0 Å². The van der Waals surface area contributed by atoms with Crippen molar-refractivity contribution in [3.05, 3.63) is 206 Å². The highest BCUT2D eigenvalue weighted by Crippen LogP contribution is 2.46. The Labute approximate surface area is 338 Å². The van der Waals surface area contributed by atoms with Crippen LogP contribution >= 0.6 is 11.3 Å². The Balaban J connectivity index is 0.941. The van der Waals surface area contributed by atoms with Gasteiger partial charge in [0.15, 0.2) is 0 Å². The van der Waals surface area contributed by atoms with Crippen LogP contribution in [0.4, 0.5) is 17.1 Å². The molecule has 0 atom stereocenters. The van der Waals surface area contributed by atoms with Gasteiger partial charge in [-0.05, 0) is 95.1 Å². The number of fused-ring (bicyclic) bond motifs is 10. The molecule has 0 fully saturated rings. The van der Waals surface area contributed by atoms with Gasteiger partial charge in [-0.2, -0.15) is 0 Å². The van der Waals surface area contributed by atoms with Crippen molar-refractivity contribution in [3.8, 4) is 27.9 Å². The Bertz CT molecular complexity index is 3480. The predicted molar refractivity (Wildman–Crippen MR) is 247 cm³/mol. The maximum atomic E-state index is 6.30. The summed E-state index contributed by atoms with van der Waals surface area (Å²) in [5, 5.41) is 7.35. The highest BCUT2D eigenvalue weighted by atomic mass is 32.1. The fraction of sp³-hybridized carbons (Fsp3) is 0. The van der Waals surface area contributed by atoms with Gasteiger partial charge in [-0.3, -0.25) is 0 Å². The van der Waals surface area contributed by atoms with E-state index in [1.807, 2.05) is 17.4 Å². The van der Waals surface area contributed by atoms with Gasteiger partial charge in [0, 0.05) is 54.1 Å². The van der Waals surface area contributed by atoms with Gasteiger partial charge in [0.05, 0.1) is 21.4 Å². The molecule has 0 spiro atoms. The van der Waals surface area contributed by atoms with Gasteiger partial charge in [-0.25, -0.2) is 0 Å². The summed E-state index contributed by atoms with van der Waals surface area (Å²) in [6.07, 6.45) is 0. The fourth-order valence-electron chi connectivity index (χ4n) is 8.93. The summed E-state index contributed by atoms with van der Waals surface area (Å²) in [5.41, 5.74) is 13.5. The average Bonchev–Trinajstić information content (AvgIpc) is 3.97.